The molecule has 4 nitrogen and oxygen atoms in total. The number of rotatable bonds is 7. The summed E-state index contributed by atoms with van der Waals surface area (Å²) in [6.07, 6.45) is 9.44. The highest BCUT2D eigenvalue weighted by molar-refractivity contribution is 7.71. The Morgan fingerprint density at radius 3 is 2.80 bits per heavy atom. The summed E-state index contributed by atoms with van der Waals surface area (Å²) in [4.78, 5) is 4.18. The number of pyridine rings is 1. The number of hydrogen-bond donors (Lipinski definition) is 1. The number of nitrogens with one attached hydrogen (secondary N) is 1. The van der Waals surface area contributed by atoms with E-state index in [-0.39, 0.29) is 0 Å². The Morgan fingerprint density at radius 2 is 2.15 bits per heavy atom. The fourth-order valence-corrected chi connectivity index (χ4v) is 2.80. The van der Waals surface area contributed by atoms with Crippen molar-refractivity contribution in [2.45, 2.75) is 52.0 Å². The van der Waals surface area contributed by atoms with Crippen LogP contribution >= 0.6 is 12.2 Å². The smallest absolute Gasteiger partial charge is 0.195 e. The maximum Gasteiger partial charge on any atom is 0.195 e. The molecule has 1 N–H and O–H groups in total. The molecule has 0 amide bonds. The molecule has 2 heterocycles. The van der Waals surface area contributed by atoms with Crippen LogP contribution in [0.25, 0.3) is 11.4 Å². The zero-order valence-corrected chi connectivity index (χ0v) is 13.0. The second-order valence-corrected chi connectivity index (χ2v) is 5.44. The van der Waals surface area contributed by atoms with Gasteiger partial charge in [-0.2, -0.15) is 5.10 Å². The van der Waals surface area contributed by atoms with Crippen molar-refractivity contribution in [1.82, 2.24) is 19.7 Å². The molecule has 0 radical (unpaired) electrons. The Morgan fingerprint density at radius 1 is 1.30 bits per heavy atom. The van der Waals surface area contributed by atoms with Crippen molar-refractivity contribution in [2.75, 3.05) is 0 Å². The maximum absolute atomic E-state index is 5.44. The van der Waals surface area contributed by atoms with Gasteiger partial charge < -0.3 is 0 Å². The molecular formula is C15H22N4S. The lowest BCUT2D eigenvalue weighted by atomic mass is 10.0. The summed E-state index contributed by atoms with van der Waals surface area (Å²) in [7, 11) is 0. The van der Waals surface area contributed by atoms with Crippen LogP contribution in [0.5, 0.6) is 0 Å². The van der Waals surface area contributed by atoms with Crippen molar-refractivity contribution >= 4 is 12.2 Å². The highest BCUT2D eigenvalue weighted by atomic mass is 32.1. The van der Waals surface area contributed by atoms with Gasteiger partial charge in [0.15, 0.2) is 10.6 Å². The standard InChI is InChI=1S/C15H22N4S/c1-3-5-9-13(7-4-2)19-14(17-18-15(19)20)12-8-6-10-16-11-12/h6,8,10-11,13H,3-5,7,9H2,1-2H3,(H,18,20). The number of unbranched alkanes of at least 4 members (excludes halogenated alkanes) is 1. The van der Waals surface area contributed by atoms with Crippen LogP contribution in [0.1, 0.15) is 52.0 Å². The molecule has 0 saturated carbocycles. The fourth-order valence-electron chi connectivity index (χ4n) is 2.52. The second kappa shape index (κ2) is 7.33. The van der Waals surface area contributed by atoms with Gasteiger partial charge in [0.1, 0.15) is 0 Å². The molecule has 0 fully saturated rings. The van der Waals surface area contributed by atoms with Crippen molar-refractivity contribution in [3.63, 3.8) is 0 Å². The van der Waals surface area contributed by atoms with Crippen LogP contribution in [0.3, 0.4) is 0 Å². The Bertz CT molecular complexity index is 573. The van der Waals surface area contributed by atoms with Gasteiger partial charge in [-0.05, 0) is 37.2 Å². The summed E-state index contributed by atoms with van der Waals surface area (Å²) in [5.41, 5.74) is 1.01. The Balaban J connectivity index is 2.39. The third kappa shape index (κ3) is 3.33. The highest BCUT2D eigenvalue weighted by Crippen LogP contribution is 2.27. The Kier molecular flexibility index (Phi) is 5.47. The summed E-state index contributed by atoms with van der Waals surface area (Å²) < 4.78 is 2.88. The van der Waals surface area contributed by atoms with Gasteiger partial charge in [-0.25, -0.2) is 0 Å². The number of aromatic amines is 1. The van der Waals surface area contributed by atoms with Crippen LogP contribution in [0.15, 0.2) is 24.5 Å². The van der Waals surface area contributed by atoms with Crippen molar-refractivity contribution in [2.24, 2.45) is 0 Å². The van der Waals surface area contributed by atoms with Crippen LogP contribution in [-0.2, 0) is 0 Å². The molecule has 1 atom stereocenters. The predicted octanol–water partition coefficient (Wildman–Crippen LogP) is 4.53. The predicted molar refractivity (Wildman–Crippen MR) is 84.1 cm³/mol. The van der Waals surface area contributed by atoms with Crippen LogP contribution < -0.4 is 0 Å². The van der Waals surface area contributed by atoms with Crippen molar-refractivity contribution in [3.05, 3.63) is 29.3 Å². The van der Waals surface area contributed by atoms with Crippen LogP contribution in [0.2, 0.25) is 0 Å². The minimum absolute atomic E-state index is 0.418. The fraction of sp³-hybridized carbons (Fsp3) is 0.533. The zero-order chi connectivity index (χ0) is 14.4. The highest BCUT2D eigenvalue weighted by Gasteiger charge is 2.17. The third-order valence-corrected chi connectivity index (χ3v) is 3.79. The first-order chi connectivity index (χ1) is 9.77. The van der Waals surface area contributed by atoms with Crippen molar-refractivity contribution < 1.29 is 0 Å². The van der Waals surface area contributed by atoms with E-state index in [0.717, 1.165) is 30.7 Å². The van der Waals surface area contributed by atoms with Gasteiger partial charge in [-0.1, -0.05) is 33.1 Å². The van der Waals surface area contributed by atoms with Gasteiger partial charge in [0.25, 0.3) is 0 Å². The van der Waals surface area contributed by atoms with E-state index in [1.807, 2.05) is 18.3 Å². The van der Waals surface area contributed by atoms with Crippen LogP contribution in [-0.4, -0.2) is 19.7 Å². The van der Waals surface area contributed by atoms with E-state index in [9.17, 15) is 0 Å². The summed E-state index contributed by atoms with van der Waals surface area (Å²) in [5, 5.41) is 7.34. The first kappa shape index (κ1) is 14.9. The normalized spacial score (nSPS) is 12.5. The molecule has 20 heavy (non-hydrogen) atoms. The third-order valence-electron chi connectivity index (χ3n) is 3.50. The van der Waals surface area contributed by atoms with Crippen molar-refractivity contribution in [1.29, 1.82) is 0 Å². The number of H-pyrrole nitrogens is 1. The van der Waals surface area contributed by atoms with Gasteiger partial charge in [-0.3, -0.25) is 14.6 Å². The first-order valence-electron chi connectivity index (χ1n) is 7.35. The molecule has 2 aromatic rings. The summed E-state index contributed by atoms with van der Waals surface area (Å²) in [6.45, 7) is 4.44. The Hall–Kier alpha value is -1.49. The molecule has 0 bridgehead atoms. The van der Waals surface area contributed by atoms with E-state index < -0.39 is 0 Å². The molecule has 0 saturated heterocycles. The largest absolute Gasteiger partial charge is 0.297 e. The lowest BCUT2D eigenvalue weighted by Crippen LogP contribution is -2.11. The van der Waals surface area contributed by atoms with E-state index in [0.29, 0.717) is 10.8 Å². The minimum atomic E-state index is 0.418. The van der Waals surface area contributed by atoms with Gasteiger partial charge in [0.2, 0.25) is 0 Å². The zero-order valence-electron chi connectivity index (χ0n) is 12.2. The summed E-state index contributed by atoms with van der Waals surface area (Å²) in [5.74, 6) is 0.901. The molecule has 108 valence electrons. The molecule has 0 aliphatic carbocycles. The molecule has 1 unspecified atom stereocenters. The van der Waals surface area contributed by atoms with E-state index in [4.69, 9.17) is 12.2 Å². The van der Waals surface area contributed by atoms with E-state index in [2.05, 4.69) is 33.6 Å². The molecule has 0 spiro atoms. The van der Waals surface area contributed by atoms with Gasteiger partial charge in [0.05, 0.1) is 0 Å². The Labute approximate surface area is 125 Å². The molecule has 5 heteroatoms. The number of nitrogens with zero attached hydrogens (tertiary/aromatic N) is 3. The molecule has 0 aromatic carbocycles. The quantitative estimate of drug-likeness (QED) is 0.762. The van der Waals surface area contributed by atoms with Gasteiger partial charge >= 0.3 is 0 Å². The monoisotopic (exact) mass is 290 g/mol. The molecule has 0 aliphatic heterocycles. The molecular weight excluding hydrogens is 268 g/mol. The second-order valence-electron chi connectivity index (χ2n) is 5.05. The number of aromatic nitrogens is 4. The van der Waals surface area contributed by atoms with E-state index in [1.54, 1.807) is 6.20 Å². The maximum atomic E-state index is 5.44. The molecule has 2 rings (SSSR count). The molecule has 0 aliphatic rings. The summed E-state index contributed by atoms with van der Waals surface area (Å²) >= 11 is 5.44. The van der Waals surface area contributed by atoms with E-state index in [1.165, 1.54) is 12.8 Å². The van der Waals surface area contributed by atoms with Gasteiger partial charge in [-0.15, -0.1) is 0 Å². The van der Waals surface area contributed by atoms with Crippen LogP contribution in [0, 0.1) is 4.77 Å². The molecule has 2 aromatic heterocycles. The topological polar surface area (TPSA) is 46.5 Å². The lowest BCUT2D eigenvalue weighted by molar-refractivity contribution is 0.416. The number of hydrogen-bond acceptors (Lipinski definition) is 3. The first-order valence-corrected chi connectivity index (χ1v) is 7.76. The summed E-state index contributed by atoms with van der Waals surface area (Å²) in [6, 6.07) is 4.37. The van der Waals surface area contributed by atoms with Crippen molar-refractivity contribution in [3.8, 4) is 11.4 Å². The average molecular weight is 290 g/mol. The minimum Gasteiger partial charge on any atom is -0.297 e. The average Bonchev–Trinajstić information content (AvgIpc) is 2.86. The van der Waals surface area contributed by atoms with Crippen LogP contribution in [0.4, 0.5) is 0 Å². The SMILES string of the molecule is CCCCC(CCC)n1c(-c2cccnc2)n[nH]c1=S. The van der Waals surface area contributed by atoms with E-state index >= 15 is 0 Å². The van der Waals surface area contributed by atoms with Gasteiger partial charge in [0, 0.05) is 24.0 Å². The lowest BCUT2D eigenvalue weighted by Gasteiger charge is -2.19.